The summed E-state index contributed by atoms with van der Waals surface area (Å²) in [6, 6.07) is 4.70. The van der Waals surface area contributed by atoms with Gasteiger partial charge in [-0.1, -0.05) is 20.8 Å². The van der Waals surface area contributed by atoms with Gasteiger partial charge in [0.1, 0.15) is 11.5 Å². The molecule has 1 atom stereocenters. The molecule has 1 aromatic rings. The number of nitrogens with one attached hydrogen (secondary N) is 1. The highest BCUT2D eigenvalue weighted by molar-refractivity contribution is 7.99. The fourth-order valence-electron chi connectivity index (χ4n) is 2.16. The average Bonchev–Trinajstić information content (AvgIpc) is 2.74. The fourth-order valence-corrected chi connectivity index (χ4v) is 3.24. The summed E-state index contributed by atoms with van der Waals surface area (Å²) >= 11 is 2.07. The molecule has 1 aliphatic rings. The molecule has 1 fully saturated rings. The van der Waals surface area contributed by atoms with Crippen LogP contribution in [-0.4, -0.2) is 35.0 Å². The second-order valence-corrected chi connectivity index (χ2v) is 6.87. The third kappa shape index (κ3) is 4.34. The van der Waals surface area contributed by atoms with Gasteiger partial charge in [-0.3, -0.25) is 4.90 Å². The number of thioether (sulfide) groups is 1. The molecule has 18 heavy (non-hydrogen) atoms. The molecule has 4 heteroatoms. The third-order valence-electron chi connectivity index (χ3n) is 3.11. The minimum Gasteiger partial charge on any atom is -0.463 e. The van der Waals surface area contributed by atoms with E-state index in [2.05, 4.69) is 54.9 Å². The van der Waals surface area contributed by atoms with Crippen LogP contribution < -0.4 is 5.32 Å². The molecule has 2 heterocycles. The zero-order valence-corrected chi connectivity index (χ0v) is 12.4. The zero-order chi connectivity index (χ0) is 13.0. The summed E-state index contributed by atoms with van der Waals surface area (Å²) < 4.78 is 5.86. The smallest absolute Gasteiger partial charge is 0.118 e. The van der Waals surface area contributed by atoms with Gasteiger partial charge >= 0.3 is 0 Å². The SMILES string of the molecule is CC(C)NCc1ccc(CN2CCSC(C)C2)o1. The van der Waals surface area contributed by atoms with Crippen molar-refractivity contribution in [3.8, 4) is 0 Å². The van der Waals surface area contributed by atoms with Crippen LogP contribution in [0.15, 0.2) is 16.5 Å². The van der Waals surface area contributed by atoms with E-state index in [0.717, 1.165) is 29.9 Å². The minimum absolute atomic E-state index is 0.499. The van der Waals surface area contributed by atoms with Gasteiger partial charge in [0, 0.05) is 30.1 Å². The fraction of sp³-hybridized carbons (Fsp3) is 0.714. The molecule has 1 N–H and O–H groups in total. The van der Waals surface area contributed by atoms with Gasteiger partial charge in [-0.05, 0) is 12.1 Å². The molecular formula is C14H24N2OS. The summed E-state index contributed by atoms with van der Waals surface area (Å²) in [5.41, 5.74) is 0. The largest absolute Gasteiger partial charge is 0.463 e. The summed E-state index contributed by atoms with van der Waals surface area (Å²) in [5, 5.41) is 4.12. The maximum atomic E-state index is 5.86. The van der Waals surface area contributed by atoms with Crippen LogP contribution in [0.5, 0.6) is 0 Å². The predicted octanol–water partition coefficient (Wildman–Crippen LogP) is 2.71. The normalized spacial score (nSPS) is 21.7. The van der Waals surface area contributed by atoms with Gasteiger partial charge in [0.15, 0.2) is 0 Å². The van der Waals surface area contributed by atoms with Crippen LogP contribution >= 0.6 is 11.8 Å². The topological polar surface area (TPSA) is 28.4 Å². The van der Waals surface area contributed by atoms with Gasteiger partial charge in [-0.15, -0.1) is 0 Å². The summed E-state index contributed by atoms with van der Waals surface area (Å²) in [7, 11) is 0. The number of furan rings is 1. The van der Waals surface area contributed by atoms with Gasteiger partial charge in [-0.25, -0.2) is 0 Å². The highest BCUT2D eigenvalue weighted by Gasteiger charge is 2.17. The van der Waals surface area contributed by atoms with Crippen LogP contribution in [0.1, 0.15) is 32.3 Å². The summed E-state index contributed by atoms with van der Waals surface area (Å²) in [4.78, 5) is 2.49. The van der Waals surface area contributed by atoms with E-state index < -0.39 is 0 Å². The Bertz CT molecular complexity index is 364. The van der Waals surface area contributed by atoms with Gasteiger partial charge in [0.05, 0.1) is 13.1 Å². The highest BCUT2D eigenvalue weighted by Crippen LogP contribution is 2.20. The molecular weight excluding hydrogens is 244 g/mol. The van der Waals surface area contributed by atoms with Crippen molar-refractivity contribution in [1.82, 2.24) is 10.2 Å². The van der Waals surface area contributed by atoms with E-state index in [1.54, 1.807) is 0 Å². The third-order valence-corrected chi connectivity index (χ3v) is 4.24. The maximum Gasteiger partial charge on any atom is 0.118 e. The van der Waals surface area contributed by atoms with Crippen molar-refractivity contribution in [2.75, 3.05) is 18.8 Å². The molecule has 1 unspecified atom stereocenters. The molecule has 0 saturated carbocycles. The van der Waals surface area contributed by atoms with Gasteiger partial charge in [0.2, 0.25) is 0 Å². The Morgan fingerprint density at radius 1 is 1.44 bits per heavy atom. The number of nitrogens with zero attached hydrogens (tertiary/aromatic N) is 1. The highest BCUT2D eigenvalue weighted by atomic mass is 32.2. The van der Waals surface area contributed by atoms with Crippen LogP contribution in [0.4, 0.5) is 0 Å². The molecule has 1 aliphatic heterocycles. The predicted molar refractivity (Wildman–Crippen MR) is 77.9 cm³/mol. The van der Waals surface area contributed by atoms with Crippen LogP contribution in [-0.2, 0) is 13.1 Å². The van der Waals surface area contributed by atoms with E-state index in [0.29, 0.717) is 6.04 Å². The standard InChI is InChI=1S/C14H24N2OS/c1-11(2)15-8-13-4-5-14(17-13)10-16-6-7-18-12(3)9-16/h4-5,11-12,15H,6-10H2,1-3H3. The van der Waals surface area contributed by atoms with Crippen molar-refractivity contribution >= 4 is 11.8 Å². The van der Waals surface area contributed by atoms with Crippen molar-refractivity contribution in [3.05, 3.63) is 23.7 Å². The van der Waals surface area contributed by atoms with E-state index in [4.69, 9.17) is 4.42 Å². The lowest BCUT2D eigenvalue weighted by Crippen LogP contribution is -2.35. The van der Waals surface area contributed by atoms with Crippen LogP contribution in [0.3, 0.4) is 0 Å². The first-order valence-corrected chi connectivity index (χ1v) is 7.83. The molecule has 0 radical (unpaired) electrons. The lowest BCUT2D eigenvalue weighted by Gasteiger charge is -2.29. The number of hydrogen-bond acceptors (Lipinski definition) is 4. The molecule has 0 aromatic carbocycles. The summed E-state index contributed by atoms with van der Waals surface area (Å²) in [6.45, 7) is 10.7. The first kappa shape index (κ1) is 14.0. The van der Waals surface area contributed by atoms with Gasteiger partial charge < -0.3 is 9.73 Å². The Hall–Kier alpha value is -0.450. The van der Waals surface area contributed by atoms with E-state index >= 15 is 0 Å². The second-order valence-electron chi connectivity index (χ2n) is 5.32. The molecule has 2 rings (SSSR count). The Labute approximate surface area is 114 Å². The van der Waals surface area contributed by atoms with Crippen molar-refractivity contribution in [2.24, 2.45) is 0 Å². The first-order valence-electron chi connectivity index (χ1n) is 6.78. The average molecular weight is 268 g/mol. The summed E-state index contributed by atoms with van der Waals surface area (Å²) in [5.74, 6) is 3.37. The Kier molecular flexibility index (Phi) is 5.15. The van der Waals surface area contributed by atoms with E-state index in [9.17, 15) is 0 Å². The molecule has 0 amide bonds. The molecule has 0 bridgehead atoms. The number of hydrogen-bond donors (Lipinski definition) is 1. The lowest BCUT2D eigenvalue weighted by molar-refractivity contribution is 0.251. The zero-order valence-electron chi connectivity index (χ0n) is 11.6. The Morgan fingerprint density at radius 2 is 2.22 bits per heavy atom. The van der Waals surface area contributed by atoms with Crippen LogP contribution in [0, 0.1) is 0 Å². The van der Waals surface area contributed by atoms with E-state index in [-0.39, 0.29) is 0 Å². The monoisotopic (exact) mass is 268 g/mol. The molecule has 3 nitrogen and oxygen atoms in total. The maximum absolute atomic E-state index is 5.86. The lowest BCUT2D eigenvalue weighted by atomic mass is 10.3. The number of rotatable bonds is 5. The molecule has 0 spiro atoms. The van der Waals surface area contributed by atoms with Gasteiger partial charge in [0.25, 0.3) is 0 Å². The molecule has 1 aromatic heterocycles. The molecule has 1 saturated heterocycles. The van der Waals surface area contributed by atoms with Crippen molar-refractivity contribution in [3.63, 3.8) is 0 Å². The molecule has 102 valence electrons. The van der Waals surface area contributed by atoms with Crippen molar-refractivity contribution in [1.29, 1.82) is 0 Å². The Balaban J connectivity index is 1.82. The first-order chi connectivity index (χ1) is 8.63. The van der Waals surface area contributed by atoms with Crippen LogP contribution in [0.2, 0.25) is 0 Å². The van der Waals surface area contributed by atoms with E-state index in [1.807, 2.05) is 0 Å². The van der Waals surface area contributed by atoms with Crippen LogP contribution in [0.25, 0.3) is 0 Å². The molecule has 0 aliphatic carbocycles. The Morgan fingerprint density at radius 3 is 2.94 bits per heavy atom. The van der Waals surface area contributed by atoms with Gasteiger partial charge in [-0.2, -0.15) is 11.8 Å². The minimum atomic E-state index is 0.499. The summed E-state index contributed by atoms with van der Waals surface area (Å²) in [6.07, 6.45) is 0. The second kappa shape index (κ2) is 6.64. The van der Waals surface area contributed by atoms with Crippen molar-refractivity contribution < 1.29 is 4.42 Å². The van der Waals surface area contributed by atoms with E-state index in [1.165, 1.54) is 18.8 Å². The van der Waals surface area contributed by atoms with Crippen molar-refractivity contribution in [2.45, 2.75) is 45.2 Å². The quantitative estimate of drug-likeness (QED) is 0.889.